The molecule has 0 amide bonds. The maximum atomic E-state index is 3.67. The predicted octanol–water partition coefficient (Wildman–Crippen LogP) is 3.52. The SMILES string of the molecule is CCCC(NCC)C(CC)N(C)C(C)C(C)C. The van der Waals surface area contributed by atoms with E-state index < -0.39 is 0 Å². The quantitative estimate of drug-likeness (QED) is 0.665. The van der Waals surface area contributed by atoms with Gasteiger partial charge in [0.2, 0.25) is 0 Å². The summed E-state index contributed by atoms with van der Waals surface area (Å²) in [5.74, 6) is 0.720. The molecular weight excluding hydrogens is 208 g/mol. The van der Waals surface area contributed by atoms with Gasteiger partial charge in [-0.05, 0) is 39.3 Å². The highest BCUT2D eigenvalue weighted by atomic mass is 15.2. The lowest BCUT2D eigenvalue weighted by atomic mass is 9.95. The van der Waals surface area contributed by atoms with Crippen molar-refractivity contribution in [3.8, 4) is 0 Å². The van der Waals surface area contributed by atoms with Crippen LogP contribution in [-0.2, 0) is 0 Å². The molecule has 0 radical (unpaired) electrons. The summed E-state index contributed by atoms with van der Waals surface area (Å²) in [4.78, 5) is 2.58. The Labute approximate surface area is 109 Å². The van der Waals surface area contributed by atoms with Crippen molar-refractivity contribution >= 4 is 0 Å². The second kappa shape index (κ2) is 8.93. The fourth-order valence-corrected chi connectivity index (χ4v) is 2.63. The summed E-state index contributed by atoms with van der Waals surface area (Å²) in [6, 6.07) is 1.95. The van der Waals surface area contributed by atoms with Crippen molar-refractivity contribution in [2.45, 2.75) is 78.9 Å². The molecule has 0 aromatic rings. The molecule has 0 aromatic carbocycles. The molecule has 0 aromatic heterocycles. The summed E-state index contributed by atoms with van der Waals surface area (Å²) < 4.78 is 0. The van der Waals surface area contributed by atoms with Crippen molar-refractivity contribution in [3.63, 3.8) is 0 Å². The first-order chi connectivity index (χ1) is 7.99. The molecule has 1 N–H and O–H groups in total. The molecule has 0 spiro atoms. The highest BCUT2D eigenvalue weighted by Crippen LogP contribution is 2.18. The first kappa shape index (κ1) is 16.9. The first-order valence-electron chi connectivity index (χ1n) is 7.44. The van der Waals surface area contributed by atoms with E-state index in [0.717, 1.165) is 12.5 Å². The lowest BCUT2D eigenvalue weighted by Gasteiger charge is -2.39. The highest BCUT2D eigenvalue weighted by Gasteiger charge is 2.26. The Morgan fingerprint density at radius 3 is 2.00 bits per heavy atom. The van der Waals surface area contributed by atoms with E-state index in [1.165, 1.54) is 19.3 Å². The summed E-state index contributed by atoms with van der Waals surface area (Å²) in [5.41, 5.74) is 0. The van der Waals surface area contributed by atoms with Crippen LogP contribution < -0.4 is 5.32 Å². The molecule has 104 valence electrons. The van der Waals surface area contributed by atoms with Crippen LogP contribution in [0.15, 0.2) is 0 Å². The lowest BCUT2D eigenvalue weighted by Crippen LogP contribution is -2.52. The van der Waals surface area contributed by atoms with Crippen molar-refractivity contribution in [2.75, 3.05) is 13.6 Å². The van der Waals surface area contributed by atoms with Gasteiger partial charge in [-0.25, -0.2) is 0 Å². The van der Waals surface area contributed by atoms with Crippen molar-refractivity contribution in [2.24, 2.45) is 5.92 Å². The molecule has 0 heterocycles. The summed E-state index contributed by atoms with van der Waals surface area (Å²) in [7, 11) is 2.29. The van der Waals surface area contributed by atoms with Crippen LogP contribution in [0.25, 0.3) is 0 Å². The van der Waals surface area contributed by atoms with Crippen LogP contribution in [-0.4, -0.2) is 36.6 Å². The van der Waals surface area contributed by atoms with Gasteiger partial charge in [-0.3, -0.25) is 4.90 Å². The Kier molecular flexibility index (Phi) is 8.89. The number of rotatable bonds is 9. The highest BCUT2D eigenvalue weighted by molar-refractivity contribution is 4.85. The van der Waals surface area contributed by atoms with Crippen molar-refractivity contribution in [1.82, 2.24) is 10.2 Å². The third kappa shape index (κ3) is 5.39. The van der Waals surface area contributed by atoms with Crippen LogP contribution in [0, 0.1) is 5.92 Å². The first-order valence-corrected chi connectivity index (χ1v) is 7.44. The largest absolute Gasteiger partial charge is 0.313 e. The summed E-state index contributed by atoms with van der Waals surface area (Å²) >= 11 is 0. The third-order valence-corrected chi connectivity index (χ3v) is 4.08. The van der Waals surface area contributed by atoms with Gasteiger partial charge in [0.05, 0.1) is 0 Å². The second-order valence-corrected chi connectivity index (χ2v) is 5.58. The Morgan fingerprint density at radius 2 is 1.65 bits per heavy atom. The molecular formula is C15H34N2. The molecule has 0 rings (SSSR count). The molecule has 0 fully saturated rings. The van der Waals surface area contributed by atoms with Gasteiger partial charge in [-0.15, -0.1) is 0 Å². The minimum Gasteiger partial charge on any atom is -0.313 e. The van der Waals surface area contributed by atoms with Gasteiger partial charge in [-0.2, -0.15) is 0 Å². The predicted molar refractivity (Wildman–Crippen MR) is 78.5 cm³/mol. The molecule has 3 unspecified atom stereocenters. The average molecular weight is 242 g/mol. The molecule has 0 bridgehead atoms. The van der Waals surface area contributed by atoms with Crippen LogP contribution >= 0.6 is 0 Å². The van der Waals surface area contributed by atoms with E-state index in [1.807, 2.05) is 0 Å². The molecule has 2 nitrogen and oxygen atoms in total. The second-order valence-electron chi connectivity index (χ2n) is 5.58. The monoisotopic (exact) mass is 242 g/mol. The van der Waals surface area contributed by atoms with Crippen molar-refractivity contribution in [1.29, 1.82) is 0 Å². The molecule has 0 saturated heterocycles. The molecule has 17 heavy (non-hydrogen) atoms. The molecule has 0 aliphatic rings. The molecule has 0 aliphatic heterocycles. The van der Waals surface area contributed by atoms with Crippen LogP contribution in [0.3, 0.4) is 0 Å². The van der Waals surface area contributed by atoms with Crippen molar-refractivity contribution < 1.29 is 0 Å². The summed E-state index contributed by atoms with van der Waals surface area (Å²) in [6.45, 7) is 14.9. The standard InChI is InChI=1S/C15H34N2/c1-8-11-14(16-10-3)15(9-2)17(7)13(6)12(4)5/h12-16H,8-11H2,1-7H3. The van der Waals surface area contributed by atoms with Gasteiger partial charge in [0.1, 0.15) is 0 Å². The van der Waals surface area contributed by atoms with E-state index in [1.54, 1.807) is 0 Å². The van der Waals surface area contributed by atoms with Crippen molar-refractivity contribution in [3.05, 3.63) is 0 Å². The van der Waals surface area contributed by atoms with Crippen LogP contribution in [0.4, 0.5) is 0 Å². The van der Waals surface area contributed by atoms with E-state index in [0.29, 0.717) is 18.1 Å². The fourth-order valence-electron chi connectivity index (χ4n) is 2.63. The van der Waals surface area contributed by atoms with E-state index in [2.05, 4.69) is 58.8 Å². The average Bonchev–Trinajstić information content (AvgIpc) is 2.29. The van der Waals surface area contributed by atoms with Crippen LogP contribution in [0.2, 0.25) is 0 Å². The maximum absolute atomic E-state index is 3.67. The van der Waals surface area contributed by atoms with Crippen LogP contribution in [0.5, 0.6) is 0 Å². The van der Waals surface area contributed by atoms with Gasteiger partial charge >= 0.3 is 0 Å². The Balaban J connectivity index is 4.63. The van der Waals surface area contributed by atoms with E-state index >= 15 is 0 Å². The number of likely N-dealkylation sites (N-methyl/N-ethyl adjacent to an activating group) is 2. The topological polar surface area (TPSA) is 15.3 Å². The van der Waals surface area contributed by atoms with Gasteiger partial charge in [0.15, 0.2) is 0 Å². The Hall–Kier alpha value is -0.0800. The molecule has 3 atom stereocenters. The lowest BCUT2D eigenvalue weighted by molar-refractivity contribution is 0.111. The van der Waals surface area contributed by atoms with Gasteiger partial charge in [-0.1, -0.05) is 41.0 Å². The minimum absolute atomic E-state index is 0.640. The number of nitrogens with one attached hydrogen (secondary N) is 1. The fraction of sp³-hybridized carbons (Fsp3) is 1.00. The zero-order valence-corrected chi connectivity index (χ0v) is 13.1. The summed E-state index contributed by atoms with van der Waals surface area (Å²) in [6.07, 6.45) is 3.77. The zero-order valence-electron chi connectivity index (χ0n) is 13.1. The van der Waals surface area contributed by atoms with E-state index in [4.69, 9.17) is 0 Å². The maximum Gasteiger partial charge on any atom is 0.0246 e. The van der Waals surface area contributed by atoms with Crippen LogP contribution in [0.1, 0.15) is 60.8 Å². The normalized spacial score (nSPS) is 17.5. The van der Waals surface area contributed by atoms with Gasteiger partial charge in [0.25, 0.3) is 0 Å². The number of hydrogen-bond donors (Lipinski definition) is 1. The van der Waals surface area contributed by atoms with E-state index in [-0.39, 0.29) is 0 Å². The molecule has 0 aliphatic carbocycles. The summed E-state index contributed by atoms with van der Waals surface area (Å²) in [5, 5.41) is 3.67. The Bertz CT molecular complexity index is 172. The number of hydrogen-bond acceptors (Lipinski definition) is 2. The smallest absolute Gasteiger partial charge is 0.0246 e. The Morgan fingerprint density at radius 1 is 1.06 bits per heavy atom. The van der Waals surface area contributed by atoms with E-state index in [9.17, 15) is 0 Å². The third-order valence-electron chi connectivity index (χ3n) is 4.08. The molecule has 0 saturated carbocycles. The molecule has 2 heteroatoms. The van der Waals surface area contributed by atoms with Gasteiger partial charge < -0.3 is 5.32 Å². The van der Waals surface area contributed by atoms with Gasteiger partial charge in [0, 0.05) is 18.1 Å². The minimum atomic E-state index is 0.640. The number of nitrogens with zero attached hydrogens (tertiary/aromatic N) is 1. The zero-order chi connectivity index (χ0) is 13.4.